The van der Waals surface area contributed by atoms with E-state index in [1.165, 1.54) is 19.2 Å². The van der Waals surface area contributed by atoms with Crippen molar-refractivity contribution in [3.63, 3.8) is 0 Å². The van der Waals surface area contributed by atoms with Crippen LogP contribution in [0.5, 0.6) is 0 Å². The molecule has 0 aliphatic heterocycles. The number of nitrogens with zero attached hydrogens (tertiary/aromatic N) is 1. The monoisotopic (exact) mass is 560 g/mol. The zero-order valence-corrected chi connectivity index (χ0v) is 19.0. The van der Waals surface area contributed by atoms with Crippen LogP contribution in [0.1, 0.15) is 16.7 Å². The molecule has 0 spiro atoms. The molecular formula is C18H21F4IN4O2S. The molecule has 0 aromatic heterocycles. The number of primary sulfonamides is 1. The summed E-state index contributed by atoms with van der Waals surface area (Å²) in [6, 6.07) is 8.52. The van der Waals surface area contributed by atoms with Crippen LogP contribution in [0.4, 0.5) is 17.6 Å². The highest BCUT2D eigenvalue weighted by Crippen LogP contribution is 2.32. The van der Waals surface area contributed by atoms with E-state index in [1.54, 1.807) is 12.1 Å². The second-order valence-corrected chi connectivity index (χ2v) is 7.65. The summed E-state index contributed by atoms with van der Waals surface area (Å²) >= 11 is 0. The van der Waals surface area contributed by atoms with E-state index in [2.05, 4.69) is 15.6 Å². The van der Waals surface area contributed by atoms with Crippen molar-refractivity contribution in [2.75, 3.05) is 13.6 Å². The lowest BCUT2D eigenvalue weighted by molar-refractivity contribution is -0.138. The van der Waals surface area contributed by atoms with Crippen LogP contribution in [0.2, 0.25) is 0 Å². The molecule has 2 rings (SSSR count). The zero-order valence-electron chi connectivity index (χ0n) is 15.8. The summed E-state index contributed by atoms with van der Waals surface area (Å²) in [7, 11) is -2.29. The molecule has 0 atom stereocenters. The number of rotatable bonds is 6. The summed E-state index contributed by atoms with van der Waals surface area (Å²) < 4.78 is 74.7. The van der Waals surface area contributed by atoms with Gasteiger partial charge in [0.15, 0.2) is 5.96 Å². The van der Waals surface area contributed by atoms with Gasteiger partial charge in [0.1, 0.15) is 5.82 Å². The molecule has 0 heterocycles. The van der Waals surface area contributed by atoms with Crippen molar-refractivity contribution < 1.29 is 26.0 Å². The quantitative estimate of drug-likeness (QED) is 0.219. The molecule has 0 radical (unpaired) electrons. The van der Waals surface area contributed by atoms with E-state index in [1.807, 2.05) is 0 Å². The number of halogens is 5. The number of hydrogen-bond donors (Lipinski definition) is 3. The fourth-order valence-corrected chi connectivity index (χ4v) is 3.05. The van der Waals surface area contributed by atoms with E-state index in [9.17, 15) is 26.0 Å². The van der Waals surface area contributed by atoms with Crippen LogP contribution in [0.15, 0.2) is 52.4 Å². The third-order valence-corrected chi connectivity index (χ3v) is 4.93. The Bertz CT molecular complexity index is 981. The van der Waals surface area contributed by atoms with Gasteiger partial charge >= 0.3 is 6.18 Å². The highest BCUT2D eigenvalue weighted by Gasteiger charge is 2.33. The minimum Gasteiger partial charge on any atom is -0.356 e. The molecule has 166 valence electrons. The summed E-state index contributed by atoms with van der Waals surface area (Å²) in [4.78, 5) is 3.94. The van der Waals surface area contributed by atoms with Gasteiger partial charge in [-0.15, -0.1) is 24.0 Å². The molecule has 0 bridgehead atoms. The number of hydrogen-bond acceptors (Lipinski definition) is 3. The van der Waals surface area contributed by atoms with Gasteiger partial charge in [-0.3, -0.25) is 4.99 Å². The van der Waals surface area contributed by atoms with E-state index in [-0.39, 0.29) is 46.9 Å². The first-order valence-corrected chi connectivity index (χ1v) is 9.97. The Balaban J connectivity index is 0.00000450. The first-order valence-electron chi connectivity index (χ1n) is 8.42. The minimum absolute atomic E-state index is 0. The molecular weight excluding hydrogens is 539 g/mol. The molecule has 0 saturated carbocycles. The Morgan fingerprint density at radius 1 is 1.10 bits per heavy atom. The summed E-state index contributed by atoms with van der Waals surface area (Å²) in [6.45, 7) is 0.196. The largest absolute Gasteiger partial charge is 0.416 e. The number of benzene rings is 2. The van der Waals surface area contributed by atoms with E-state index in [0.29, 0.717) is 19.0 Å². The Kier molecular flexibility index (Phi) is 9.49. The summed E-state index contributed by atoms with van der Waals surface area (Å²) in [6.07, 6.45) is -4.16. The lowest BCUT2D eigenvalue weighted by Gasteiger charge is -2.16. The minimum atomic E-state index is -4.67. The molecule has 2 aromatic carbocycles. The Hall–Kier alpha value is -1.93. The Morgan fingerprint density at radius 3 is 2.27 bits per heavy atom. The number of aliphatic imine (C=N–C) groups is 1. The van der Waals surface area contributed by atoms with E-state index < -0.39 is 27.6 Å². The van der Waals surface area contributed by atoms with E-state index in [4.69, 9.17) is 5.14 Å². The van der Waals surface area contributed by atoms with Gasteiger partial charge in [0.25, 0.3) is 0 Å². The second-order valence-electron chi connectivity index (χ2n) is 6.09. The zero-order chi connectivity index (χ0) is 21.7. The van der Waals surface area contributed by atoms with E-state index in [0.717, 1.165) is 17.7 Å². The third kappa shape index (κ3) is 7.72. The molecule has 0 amide bonds. The van der Waals surface area contributed by atoms with Crippen molar-refractivity contribution >= 4 is 40.0 Å². The summed E-state index contributed by atoms with van der Waals surface area (Å²) in [5.74, 6) is -0.694. The Labute approximate surface area is 189 Å². The standard InChI is InChI=1S/C18H20F4N4O2S.HI/c1-24-17(25-9-8-12-2-6-15(7-3-12)29(23,27)28)26-11-13-4-5-14(19)10-16(13)18(20,21)22;/h2-7,10H,8-9,11H2,1H3,(H2,23,27,28)(H2,24,25,26);1H. The number of sulfonamides is 1. The number of nitrogens with one attached hydrogen (secondary N) is 2. The average molecular weight is 560 g/mol. The van der Waals surface area contributed by atoms with Crippen molar-refractivity contribution in [1.29, 1.82) is 0 Å². The molecule has 6 nitrogen and oxygen atoms in total. The van der Waals surface area contributed by atoms with Crippen LogP contribution in [0.25, 0.3) is 0 Å². The van der Waals surface area contributed by atoms with E-state index >= 15 is 0 Å². The highest BCUT2D eigenvalue weighted by atomic mass is 127. The van der Waals surface area contributed by atoms with Crippen LogP contribution in [0.3, 0.4) is 0 Å². The van der Waals surface area contributed by atoms with Crippen LogP contribution < -0.4 is 15.8 Å². The number of alkyl halides is 3. The number of guanidine groups is 1. The molecule has 30 heavy (non-hydrogen) atoms. The maximum Gasteiger partial charge on any atom is 0.416 e. The van der Waals surface area contributed by atoms with Crippen LogP contribution in [-0.2, 0) is 29.2 Å². The Morgan fingerprint density at radius 2 is 1.73 bits per heavy atom. The molecule has 0 unspecified atom stereocenters. The second kappa shape index (κ2) is 10.9. The predicted octanol–water partition coefficient (Wildman–Crippen LogP) is 3.02. The van der Waals surface area contributed by atoms with Gasteiger partial charge in [0.05, 0.1) is 10.5 Å². The van der Waals surface area contributed by atoms with Gasteiger partial charge in [0.2, 0.25) is 10.0 Å². The van der Waals surface area contributed by atoms with Gasteiger partial charge in [-0.05, 0) is 41.8 Å². The molecule has 0 saturated heterocycles. The lowest BCUT2D eigenvalue weighted by atomic mass is 10.1. The average Bonchev–Trinajstić information content (AvgIpc) is 2.64. The fourth-order valence-electron chi connectivity index (χ4n) is 2.54. The topological polar surface area (TPSA) is 96.6 Å². The molecule has 0 aliphatic rings. The first-order chi connectivity index (χ1) is 13.5. The van der Waals surface area contributed by atoms with Gasteiger partial charge in [-0.25, -0.2) is 17.9 Å². The first kappa shape index (κ1) is 26.1. The van der Waals surface area contributed by atoms with Crippen LogP contribution in [0, 0.1) is 5.82 Å². The SMILES string of the molecule is CN=C(NCCc1ccc(S(N)(=O)=O)cc1)NCc1ccc(F)cc1C(F)(F)F.I. The maximum atomic E-state index is 13.2. The van der Waals surface area contributed by atoms with Crippen molar-refractivity contribution in [2.45, 2.75) is 24.0 Å². The van der Waals surface area contributed by atoms with Gasteiger partial charge < -0.3 is 10.6 Å². The van der Waals surface area contributed by atoms with Gasteiger partial charge in [-0.2, -0.15) is 13.2 Å². The predicted molar refractivity (Wildman–Crippen MR) is 117 cm³/mol. The molecule has 0 fully saturated rings. The van der Waals surface area contributed by atoms with Crippen LogP contribution in [-0.4, -0.2) is 28.0 Å². The normalized spacial score (nSPS) is 12.3. The van der Waals surface area contributed by atoms with Crippen LogP contribution >= 0.6 is 24.0 Å². The summed E-state index contributed by atoms with van der Waals surface area (Å²) in [5.41, 5.74) is -0.325. The van der Waals surface area contributed by atoms with Gasteiger partial charge in [-0.1, -0.05) is 18.2 Å². The maximum absolute atomic E-state index is 13.2. The summed E-state index contributed by atoms with van der Waals surface area (Å²) in [5, 5.41) is 10.7. The number of nitrogens with two attached hydrogens (primary N) is 1. The van der Waals surface area contributed by atoms with Crippen molar-refractivity contribution in [2.24, 2.45) is 10.1 Å². The fraction of sp³-hybridized carbons (Fsp3) is 0.278. The molecule has 12 heteroatoms. The highest BCUT2D eigenvalue weighted by molar-refractivity contribution is 14.0. The third-order valence-electron chi connectivity index (χ3n) is 4.01. The van der Waals surface area contributed by atoms with Gasteiger partial charge in [0, 0.05) is 20.1 Å². The smallest absolute Gasteiger partial charge is 0.356 e. The molecule has 4 N–H and O–H groups in total. The van der Waals surface area contributed by atoms with Crippen molar-refractivity contribution in [3.8, 4) is 0 Å². The van der Waals surface area contributed by atoms with Crippen molar-refractivity contribution in [1.82, 2.24) is 10.6 Å². The lowest BCUT2D eigenvalue weighted by Crippen LogP contribution is -2.38. The molecule has 2 aromatic rings. The van der Waals surface area contributed by atoms with Crippen molar-refractivity contribution in [3.05, 3.63) is 65.0 Å². The molecule has 0 aliphatic carbocycles.